The third kappa shape index (κ3) is 6.68. The molecule has 0 aliphatic heterocycles. The molecule has 2 rings (SSSR count). The molecule has 2 aromatic rings. The van der Waals surface area contributed by atoms with Crippen molar-refractivity contribution < 1.29 is 27.5 Å². The van der Waals surface area contributed by atoms with Gasteiger partial charge in [0.15, 0.2) is 6.61 Å². The van der Waals surface area contributed by atoms with E-state index < -0.39 is 18.7 Å². The summed E-state index contributed by atoms with van der Waals surface area (Å²) in [5.41, 5.74) is 1.63. The van der Waals surface area contributed by atoms with E-state index in [2.05, 4.69) is 30.3 Å². The average molecular weight is 425 g/mol. The highest BCUT2D eigenvalue weighted by atomic mass is 19.4. The van der Waals surface area contributed by atoms with Gasteiger partial charge in [-0.15, -0.1) is 0 Å². The second-order valence-electron chi connectivity index (χ2n) is 6.85. The topological polar surface area (TPSA) is 106 Å². The van der Waals surface area contributed by atoms with Gasteiger partial charge in [0, 0.05) is 30.4 Å². The lowest BCUT2D eigenvalue weighted by Gasteiger charge is -2.12. The highest BCUT2D eigenvalue weighted by molar-refractivity contribution is 5.95. The number of aryl methyl sites for hydroxylation is 2. The number of carbonyl (C=O) groups is 2. The van der Waals surface area contributed by atoms with Crippen LogP contribution < -0.4 is 15.4 Å². The molecule has 0 aromatic carbocycles. The number of nitrogens with zero attached hydrogens (tertiary/aromatic N) is 3. The first kappa shape index (κ1) is 23.0. The molecular formula is C19H22F3N5O3. The number of halogens is 3. The smallest absolute Gasteiger partial charge is 0.422 e. The Labute approximate surface area is 171 Å². The van der Waals surface area contributed by atoms with E-state index in [0.717, 1.165) is 0 Å². The summed E-state index contributed by atoms with van der Waals surface area (Å²) >= 11 is 0. The van der Waals surface area contributed by atoms with Crippen LogP contribution in [0.25, 0.3) is 0 Å². The van der Waals surface area contributed by atoms with Crippen LogP contribution in [0.1, 0.15) is 41.2 Å². The van der Waals surface area contributed by atoms with E-state index >= 15 is 0 Å². The first-order valence-corrected chi connectivity index (χ1v) is 9.05. The second kappa shape index (κ2) is 9.51. The number of nitrogens with one attached hydrogen (secondary N) is 2. The van der Waals surface area contributed by atoms with Crippen molar-refractivity contribution >= 4 is 17.8 Å². The zero-order valence-electron chi connectivity index (χ0n) is 16.9. The molecule has 0 radical (unpaired) electrons. The molecule has 0 aliphatic rings. The van der Waals surface area contributed by atoms with Crippen LogP contribution in [-0.4, -0.2) is 39.5 Å². The fourth-order valence-electron chi connectivity index (χ4n) is 2.24. The van der Waals surface area contributed by atoms with Crippen molar-refractivity contribution in [3.63, 3.8) is 0 Å². The van der Waals surface area contributed by atoms with E-state index in [-0.39, 0.29) is 35.9 Å². The third-order valence-corrected chi connectivity index (χ3v) is 3.94. The van der Waals surface area contributed by atoms with Gasteiger partial charge in [0.2, 0.25) is 17.7 Å². The fraction of sp³-hybridized carbons (Fsp3) is 0.421. The molecule has 30 heavy (non-hydrogen) atoms. The van der Waals surface area contributed by atoms with Gasteiger partial charge in [-0.25, -0.2) is 15.0 Å². The van der Waals surface area contributed by atoms with Crippen molar-refractivity contribution in [2.75, 3.05) is 11.9 Å². The van der Waals surface area contributed by atoms with Crippen molar-refractivity contribution in [1.29, 1.82) is 0 Å². The maximum atomic E-state index is 12.5. The molecule has 2 aromatic heterocycles. The zero-order chi connectivity index (χ0) is 22.5. The van der Waals surface area contributed by atoms with Crippen molar-refractivity contribution in [3.05, 3.63) is 40.8 Å². The van der Waals surface area contributed by atoms with Crippen LogP contribution >= 0.6 is 0 Å². The lowest BCUT2D eigenvalue weighted by Crippen LogP contribution is -2.27. The monoisotopic (exact) mass is 425 g/mol. The van der Waals surface area contributed by atoms with Gasteiger partial charge in [-0.05, 0) is 25.0 Å². The van der Waals surface area contributed by atoms with E-state index in [9.17, 15) is 22.8 Å². The van der Waals surface area contributed by atoms with Gasteiger partial charge < -0.3 is 10.1 Å². The summed E-state index contributed by atoms with van der Waals surface area (Å²) in [4.78, 5) is 36.3. The molecule has 2 heterocycles. The summed E-state index contributed by atoms with van der Waals surface area (Å²) in [6.07, 6.45) is -3.03. The molecule has 0 unspecified atom stereocenters. The number of carbonyl (C=O) groups excluding carboxylic acids is 2. The summed E-state index contributed by atoms with van der Waals surface area (Å²) in [7, 11) is 0. The van der Waals surface area contributed by atoms with E-state index in [0.29, 0.717) is 16.8 Å². The molecule has 0 saturated heterocycles. The zero-order valence-corrected chi connectivity index (χ0v) is 16.9. The summed E-state index contributed by atoms with van der Waals surface area (Å²) in [5.74, 6) is -1.18. The van der Waals surface area contributed by atoms with Crippen LogP contribution in [0.2, 0.25) is 0 Å². The normalized spacial score (nSPS) is 11.3. The Morgan fingerprint density at radius 3 is 2.47 bits per heavy atom. The molecule has 2 amide bonds. The highest BCUT2D eigenvalue weighted by Gasteiger charge is 2.28. The Morgan fingerprint density at radius 2 is 1.87 bits per heavy atom. The Kier molecular flexibility index (Phi) is 7.30. The van der Waals surface area contributed by atoms with Crippen molar-refractivity contribution in [2.45, 2.75) is 40.4 Å². The minimum absolute atomic E-state index is 0.0217. The Bertz CT molecular complexity index is 932. The van der Waals surface area contributed by atoms with Gasteiger partial charge in [-0.3, -0.25) is 14.9 Å². The molecule has 0 atom stereocenters. The standard InChI is InChI=1S/C19H22F3N5O3/c1-10(2)16(28)27-18-24-7-11(3)15(26-18)17(29)23-8-13-5-6-14(25-12(13)4)30-9-19(20,21)22/h5-7,10H,8-9H2,1-4H3,(H,23,29)(H,24,26,27,28). The number of alkyl halides is 3. The van der Waals surface area contributed by atoms with Gasteiger partial charge in [-0.1, -0.05) is 19.9 Å². The van der Waals surface area contributed by atoms with Crippen LogP contribution in [0.5, 0.6) is 5.88 Å². The highest BCUT2D eigenvalue weighted by Crippen LogP contribution is 2.18. The quantitative estimate of drug-likeness (QED) is 0.707. The fourth-order valence-corrected chi connectivity index (χ4v) is 2.24. The average Bonchev–Trinajstić information content (AvgIpc) is 2.66. The van der Waals surface area contributed by atoms with E-state index in [1.54, 1.807) is 27.7 Å². The van der Waals surface area contributed by atoms with Crippen LogP contribution in [0, 0.1) is 19.8 Å². The van der Waals surface area contributed by atoms with Gasteiger partial charge >= 0.3 is 6.18 Å². The predicted molar refractivity (Wildman–Crippen MR) is 102 cm³/mol. The largest absolute Gasteiger partial charge is 0.468 e. The summed E-state index contributed by atoms with van der Waals surface area (Å²) in [5, 5.41) is 5.20. The second-order valence-corrected chi connectivity index (χ2v) is 6.85. The lowest BCUT2D eigenvalue weighted by atomic mass is 10.2. The first-order valence-electron chi connectivity index (χ1n) is 9.05. The van der Waals surface area contributed by atoms with Gasteiger partial charge in [0.1, 0.15) is 5.69 Å². The summed E-state index contributed by atoms with van der Waals surface area (Å²) < 4.78 is 41.3. The number of hydrogen-bond acceptors (Lipinski definition) is 6. The maximum Gasteiger partial charge on any atom is 0.422 e. The van der Waals surface area contributed by atoms with Crippen LogP contribution in [0.4, 0.5) is 19.1 Å². The first-order chi connectivity index (χ1) is 14.0. The Balaban J connectivity index is 2.04. The molecule has 0 saturated carbocycles. The van der Waals surface area contributed by atoms with Crippen LogP contribution in [0.15, 0.2) is 18.3 Å². The number of aromatic nitrogens is 3. The molecule has 11 heteroatoms. The molecule has 0 fully saturated rings. The molecule has 0 aliphatic carbocycles. The SMILES string of the molecule is Cc1cnc(NC(=O)C(C)C)nc1C(=O)NCc1ccc(OCC(F)(F)F)nc1C. The van der Waals surface area contributed by atoms with Gasteiger partial charge in [0.05, 0.1) is 0 Å². The van der Waals surface area contributed by atoms with E-state index in [1.807, 2.05) is 0 Å². The Morgan fingerprint density at radius 1 is 1.17 bits per heavy atom. The molecule has 2 N–H and O–H groups in total. The number of anilines is 1. The molecule has 8 nitrogen and oxygen atoms in total. The maximum absolute atomic E-state index is 12.5. The predicted octanol–water partition coefficient (Wildman–Crippen LogP) is 2.95. The Hall–Kier alpha value is -3.24. The third-order valence-electron chi connectivity index (χ3n) is 3.94. The summed E-state index contributed by atoms with van der Waals surface area (Å²) in [6, 6.07) is 2.82. The molecule has 0 bridgehead atoms. The molecule has 162 valence electrons. The van der Waals surface area contributed by atoms with E-state index in [1.165, 1.54) is 18.3 Å². The number of rotatable bonds is 7. The number of hydrogen-bond donors (Lipinski definition) is 2. The van der Waals surface area contributed by atoms with Crippen molar-refractivity contribution in [2.24, 2.45) is 5.92 Å². The van der Waals surface area contributed by atoms with Crippen LogP contribution in [0.3, 0.4) is 0 Å². The van der Waals surface area contributed by atoms with Gasteiger partial charge in [-0.2, -0.15) is 13.2 Å². The van der Waals surface area contributed by atoms with Gasteiger partial charge in [0.25, 0.3) is 5.91 Å². The van der Waals surface area contributed by atoms with E-state index in [4.69, 9.17) is 0 Å². The molecular weight excluding hydrogens is 403 g/mol. The minimum atomic E-state index is -4.45. The molecule has 0 spiro atoms. The van der Waals surface area contributed by atoms with Crippen molar-refractivity contribution in [3.8, 4) is 5.88 Å². The minimum Gasteiger partial charge on any atom is -0.468 e. The number of ether oxygens (including phenoxy) is 1. The van der Waals surface area contributed by atoms with Crippen LogP contribution in [-0.2, 0) is 11.3 Å². The number of pyridine rings is 1. The number of amides is 2. The summed E-state index contributed by atoms with van der Waals surface area (Å²) in [6.45, 7) is 5.33. The van der Waals surface area contributed by atoms with Crippen molar-refractivity contribution in [1.82, 2.24) is 20.3 Å². The lowest BCUT2D eigenvalue weighted by molar-refractivity contribution is -0.154.